The number of carbonyl (C=O) groups is 2. The zero-order valence-corrected chi connectivity index (χ0v) is 20.2. The lowest BCUT2D eigenvalue weighted by atomic mass is 10.1. The highest BCUT2D eigenvalue weighted by atomic mass is 19.1. The van der Waals surface area contributed by atoms with Crippen LogP contribution in [0.5, 0.6) is 0 Å². The zero-order chi connectivity index (χ0) is 25.0. The Labute approximate surface area is 203 Å². The Morgan fingerprint density at radius 1 is 1.34 bits per heavy atom. The third kappa shape index (κ3) is 5.06. The van der Waals surface area contributed by atoms with Crippen LogP contribution in [0.1, 0.15) is 45.6 Å². The highest BCUT2D eigenvalue weighted by Gasteiger charge is 2.48. The van der Waals surface area contributed by atoms with E-state index >= 15 is 4.39 Å². The van der Waals surface area contributed by atoms with Crippen LogP contribution in [0.4, 0.5) is 20.8 Å². The molecule has 0 bridgehead atoms. The molecule has 3 aliphatic heterocycles. The number of hydrogen-bond donors (Lipinski definition) is 2. The van der Waals surface area contributed by atoms with E-state index in [4.69, 9.17) is 14.2 Å². The van der Waals surface area contributed by atoms with Crippen LogP contribution in [0.15, 0.2) is 11.6 Å². The van der Waals surface area contributed by atoms with Crippen molar-refractivity contribution >= 4 is 29.8 Å². The predicted molar refractivity (Wildman–Crippen MR) is 125 cm³/mol. The quantitative estimate of drug-likeness (QED) is 0.643. The number of rotatable bonds is 5. The van der Waals surface area contributed by atoms with E-state index in [0.29, 0.717) is 37.5 Å². The van der Waals surface area contributed by atoms with Gasteiger partial charge in [-0.15, -0.1) is 0 Å². The maximum Gasteiger partial charge on any atom is 0.407 e. The molecular formula is C24H31FN4O6. The van der Waals surface area contributed by atoms with Crippen LogP contribution in [-0.2, 0) is 19.0 Å². The van der Waals surface area contributed by atoms with Crippen molar-refractivity contribution in [1.29, 1.82) is 0 Å². The number of hydrogen-bond acceptors (Lipinski definition) is 8. The Morgan fingerprint density at radius 2 is 2.11 bits per heavy atom. The number of carboxylic acid groups (broad SMARTS) is 1. The van der Waals surface area contributed by atoms with Crippen molar-refractivity contribution in [1.82, 2.24) is 10.3 Å². The minimum Gasteiger partial charge on any atom is -0.478 e. The van der Waals surface area contributed by atoms with Crippen LogP contribution in [-0.4, -0.2) is 78.5 Å². The van der Waals surface area contributed by atoms with Crippen LogP contribution < -0.4 is 15.1 Å². The van der Waals surface area contributed by atoms with Crippen LogP contribution in [0.3, 0.4) is 0 Å². The molecule has 2 N–H and O–H groups in total. The number of halogens is 1. The summed E-state index contributed by atoms with van der Waals surface area (Å²) < 4.78 is 32.5. The van der Waals surface area contributed by atoms with E-state index in [2.05, 4.69) is 10.3 Å². The van der Waals surface area contributed by atoms with E-state index in [1.54, 1.807) is 25.7 Å². The smallest absolute Gasteiger partial charge is 0.407 e. The number of carboxylic acids is 1. The molecule has 10 nitrogen and oxygen atoms in total. The first kappa shape index (κ1) is 23.8. The second-order valence-electron chi connectivity index (χ2n) is 10.6. The van der Waals surface area contributed by atoms with Crippen molar-refractivity contribution in [3.05, 3.63) is 23.0 Å². The molecule has 2 unspecified atom stereocenters. The predicted octanol–water partition coefficient (Wildman–Crippen LogP) is 2.52. The number of alkyl carbamates (subject to hydrolysis) is 1. The molecule has 2 saturated heterocycles. The number of anilines is 2. The largest absolute Gasteiger partial charge is 0.478 e. The number of nitrogens with zero attached hydrogens (tertiary/aromatic N) is 3. The molecular weight excluding hydrogens is 459 g/mol. The third-order valence-electron chi connectivity index (χ3n) is 6.45. The van der Waals surface area contributed by atoms with Crippen LogP contribution >= 0.6 is 0 Å². The molecule has 4 heterocycles. The molecule has 1 aromatic heterocycles. The molecule has 4 aliphatic rings. The molecule has 1 spiro atoms. The Morgan fingerprint density at radius 3 is 2.80 bits per heavy atom. The fourth-order valence-corrected chi connectivity index (χ4v) is 4.73. The molecule has 1 amide bonds. The number of pyridine rings is 1. The highest BCUT2D eigenvalue weighted by molar-refractivity contribution is 5.96. The van der Waals surface area contributed by atoms with Gasteiger partial charge < -0.3 is 34.4 Å². The minimum atomic E-state index is -1.00. The van der Waals surface area contributed by atoms with E-state index < -0.39 is 29.3 Å². The molecule has 190 valence electrons. The molecule has 11 heteroatoms. The summed E-state index contributed by atoms with van der Waals surface area (Å²) in [7, 11) is 0. The summed E-state index contributed by atoms with van der Waals surface area (Å²) >= 11 is 0. The molecule has 0 aromatic carbocycles. The highest BCUT2D eigenvalue weighted by Crippen LogP contribution is 2.41. The van der Waals surface area contributed by atoms with Crippen molar-refractivity contribution in [2.45, 2.75) is 63.6 Å². The normalized spacial score (nSPS) is 26.1. The summed E-state index contributed by atoms with van der Waals surface area (Å²) in [4.78, 5) is 31.9. The van der Waals surface area contributed by atoms with Gasteiger partial charge in [0.05, 0.1) is 25.3 Å². The van der Waals surface area contributed by atoms with Crippen molar-refractivity contribution in [2.75, 3.05) is 42.6 Å². The third-order valence-corrected chi connectivity index (χ3v) is 6.45. The topological polar surface area (TPSA) is 113 Å². The summed E-state index contributed by atoms with van der Waals surface area (Å²) in [5, 5.41) is 12.2. The summed E-state index contributed by atoms with van der Waals surface area (Å²) in [6, 6.07) is 1.59. The summed E-state index contributed by atoms with van der Waals surface area (Å²) in [5.41, 5.74) is 0.130. The van der Waals surface area contributed by atoms with Crippen molar-refractivity contribution in [3.8, 4) is 0 Å². The lowest BCUT2D eigenvalue weighted by Crippen LogP contribution is -2.40. The molecule has 1 aromatic rings. The Kier molecular flexibility index (Phi) is 5.87. The van der Waals surface area contributed by atoms with Gasteiger partial charge in [0.25, 0.3) is 0 Å². The van der Waals surface area contributed by atoms with Gasteiger partial charge in [0.2, 0.25) is 0 Å². The summed E-state index contributed by atoms with van der Waals surface area (Å²) in [5.74, 6) is -1.58. The number of ether oxygens (including phenoxy) is 3. The van der Waals surface area contributed by atoms with Gasteiger partial charge in [-0.2, -0.15) is 0 Å². The van der Waals surface area contributed by atoms with Gasteiger partial charge in [-0.05, 0) is 45.8 Å². The van der Waals surface area contributed by atoms with Crippen molar-refractivity contribution in [2.24, 2.45) is 0 Å². The van der Waals surface area contributed by atoms with Gasteiger partial charge in [-0.25, -0.2) is 19.0 Å². The molecule has 2 atom stereocenters. The number of carbonyl (C=O) groups excluding carboxylic acids is 1. The first-order chi connectivity index (χ1) is 16.5. The van der Waals surface area contributed by atoms with Gasteiger partial charge in [0.15, 0.2) is 17.4 Å². The first-order valence-electron chi connectivity index (χ1n) is 12.0. The van der Waals surface area contributed by atoms with Gasteiger partial charge in [0.1, 0.15) is 17.5 Å². The monoisotopic (exact) mass is 490 g/mol. The number of fused-ring (bicyclic) bond motifs is 1. The maximum absolute atomic E-state index is 15.2. The average Bonchev–Trinajstić information content (AvgIpc) is 3.42. The minimum absolute atomic E-state index is 0.209. The van der Waals surface area contributed by atoms with Crippen molar-refractivity contribution < 1.29 is 33.3 Å². The average molecular weight is 491 g/mol. The lowest BCUT2D eigenvalue weighted by molar-refractivity contribution is -0.149. The Bertz CT molecular complexity index is 1070. The first-order valence-corrected chi connectivity index (χ1v) is 12.0. The molecule has 1 aliphatic carbocycles. The van der Waals surface area contributed by atoms with Gasteiger partial charge >= 0.3 is 12.1 Å². The lowest BCUT2D eigenvalue weighted by Gasteiger charge is -2.31. The van der Waals surface area contributed by atoms with Crippen LogP contribution in [0, 0.1) is 5.82 Å². The second kappa shape index (κ2) is 8.63. The number of amides is 1. The summed E-state index contributed by atoms with van der Waals surface area (Å²) in [6.45, 7) is 6.99. The Balaban J connectivity index is 1.27. The number of aliphatic carboxylic acids is 1. The van der Waals surface area contributed by atoms with Gasteiger partial charge in [0, 0.05) is 31.1 Å². The van der Waals surface area contributed by atoms with E-state index in [0.717, 1.165) is 12.8 Å². The fourth-order valence-electron chi connectivity index (χ4n) is 4.73. The van der Waals surface area contributed by atoms with Gasteiger partial charge in [-0.3, -0.25) is 0 Å². The van der Waals surface area contributed by atoms with Crippen LogP contribution in [0.2, 0.25) is 0 Å². The van der Waals surface area contributed by atoms with Gasteiger partial charge in [-0.1, -0.05) is 0 Å². The molecule has 3 fully saturated rings. The number of aromatic nitrogens is 1. The molecule has 0 radical (unpaired) electrons. The van der Waals surface area contributed by atoms with E-state index in [9.17, 15) is 14.7 Å². The van der Waals surface area contributed by atoms with Crippen molar-refractivity contribution in [3.63, 3.8) is 0 Å². The van der Waals surface area contributed by atoms with Crippen LogP contribution in [0.25, 0.3) is 6.08 Å². The molecule has 5 rings (SSSR count). The SMILES string of the molecule is CC(C)(C)OC(=O)NCC1COC2(CCN(c3nc4c(cc3F)C=C(C(=O)O)CN4C3CC3)C2)O1. The zero-order valence-electron chi connectivity index (χ0n) is 20.2. The standard InChI is InChI=1S/C24H31FN4O6/c1-23(2,3)35-22(32)26-10-17-12-33-24(34-17)6-7-28(13-24)20-18(25)9-14-8-15(21(30)31)11-29(16-4-5-16)19(14)27-20/h8-9,16-17H,4-7,10-13H2,1-3H3,(H,26,32)(H,30,31). The fraction of sp³-hybridized carbons (Fsp3) is 0.625. The van der Waals surface area contributed by atoms with E-state index in [1.165, 1.54) is 12.1 Å². The van der Waals surface area contributed by atoms with E-state index in [1.807, 2.05) is 4.90 Å². The molecule has 1 saturated carbocycles. The second-order valence-corrected chi connectivity index (χ2v) is 10.6. The summed E-state index contributed by atoms with van der Waals surface area (Å²) in [6.07, 6.45) is 3.11. The Hall–Kier alpha value is -2.92. The van der Waals surface area contributed by atoms with E-state index in [-0.39, 0.29) is 36.6 Å². The maximum atomic E-state index is 15.2. The number of nitrogens with one attached hydrogen (secondary N) is 1. The molecule has 35 heavy (non-hydrogen) atoms.